The number of methoxy groups -OCH3 is 1. The van der Waals surface area contributed by atoms with Crippen LogP contribution in [0.25, 0.3) is 6.08 Å². The number of carbonyl (C=O) groups excluding carboxylic acids is 1. The Morgan fingerprint density at radius 1 is 1.40 bits per heavy atom. The van der Waals surface area contributed by atoms with Gasteiger partial charge in [0.2, 0.25) is 0 Å². The van der Waals surface area contributed by atoms with E-state index in [0.717, 1.165) is 16.2 Å². The second-order valence-corrected chi connectivity index (χ2v) is 7.72. The number of carbonyl (C=O) groups is 1. The van der Waals surface area contributed by atoms with E-state index in [1.165, 1.54) is 25.3 Å². The van der Waals surface area contributed by atoms with Crippen molar-refractivity contribution in [3.8, 4) is 23.8 Å². The van der Waals surface area contributed by atoms with Crippen molar-refractivity contribution in [2.75, 3.05) is 13.7 Å². The van der Waals surface area contributed by atoms with Crippen LogP contribution in [0.4, 0.5) is 11.4 Å². The normalized spacial score (nSPS) is 15.7. The summed E-state index contributed by atoms with van der Waals surface area (Å²) in [5.41, 5.74) is 0.861. The predicted molar refractivity (Wildman–Crippen MR) is 119 cm³/mol. The first kappa shape index (κ1) is 21.4. The number of thioether (sulfide) groups is 1. The standard InChI is InChI=1S/C20H14BrN3O5S/c1-3-7-29-18-12(8-13(21)10-16(18)28-2)9-17-19(25)23-20(30-17)22-14-5-4-6-15(11-14)24(26)27/h1,4-6,8-11H,7H2,2H3,(H,22,23,25)/b17-9-. The van der Waals surface area contributed by atoms with Crippen LogP contribution < -0.4 is 14.8 Å². The molecule has 0 radical (unpaired) electrons. The molecule has 1 saturated heterocycles. The van der Waals surface area contributed by atoms with Gasteiger partial charge in [0.05, 0.1) is 22.6 Å². The maximum absolute atomic E-state index is 12.4. The zero-order valence-corrected chi connectivity index (χ0v) is 18.0. The summed E-state index contributed by atoms with van der Waals surface area (Å²) in [5, 5.41) is 13.9. The minimum absolute atomic E-state index is 0.0347. The third-order valence-corrected chi connectivity index (χ3v) is 5.14. The molecule has 2 aromatic carbocycles. The monoisotopic (exact) mass is 487 g/mol. The molecular formula is C20H14BrN3O5S. The van der Waals surface area contributed by atoms with E-state index in [1.54, 1.807) is 24.3 Å². The Balaban J connectivity index is 1.93. The summed E-state index contributed by atoms with van der Waals surface area (Å²) < 4.78 is 11.7. The zero-order chi connectivity index (χ0) is 21.7. The Morgan fingerprint density at radius 2 is 2.20 bits per heavy atom. The van der Waals surface area contributed by atoms with Crippen molar-refractivity contribution in [2.24, 2.45) is 4.99 Å². The quantitative estimate of drug-likeness (QED) is 0.282. The van der Waals surface area contributed by atoms with Crippen LogP contribution in [0.15, 0.2) is 50.8 Å². The highest BCUT2D eigenvalue weighted by atomic mass is 79.9. The fraction of sp³-hybridized carbons (Fsp3) is 0.100. The van der Waals surface area contributed by atoms with Gasteiger partial charge < -0.3 is 14.8 Å². The van der Waals surface area contributed by atoms with Gasteiger partial charge in [0.15, 0.2) is 16.7 Å². The molecule has 0 spiro atoms. The number of non-ortho nitro benzene ring substituents is 1. The number of nitro groups is 1. The molecule has 1 N–H and O–H groups in total. The average Bonchev–Trinajstić information content (AvgIpc) is 3.05. The molecular weight excluding hydrogens is 474 g/mol. The number of benzene rings is 2. The predicted octanol–water partition coefficient (Wildman–Crippen LogP) is 4.27. The van der Waals surface area contributed by atoms with Crippen molar-refractivity contribution in [3.63, 3.8) is 0 Å². The zero-order valence-electron chi connectivity index (χ0n) is 15.5. The first-order chi connectivity index (χ1) is 14.4. The van der Waals surface area contributed by atoms with Gasteiger partial charge in [-0.3, -0.25) is 14.9 Å². The van der Waals surface area contributed by atoms with Gasteiger partial charge in [0.25, 0.3) is 11.6 Å². The molecule has 10 heteroatoms. The lowest BCUT2D eigenvalue weighted by molar-refractivity contribution is -0.384. The topological polar surface area (TPSA) is 103 Å². The molecule has 0 atom stereocenters. The number of terminal acetylenes is 1. The number of nitro benzene ring substituents is 1. The Labute approximate surface area is 184 Å². The molecule has 1 aliphatic heterocycles. The number of amides is 1. The van der Waals surface area contributed by atoms with E-state index in [-0.39, 0.29) is 18.2 Å². The number of hydrogen-bond donors (Lipinski definition) is 1. The van der Waals surface area contributed by atoms with Crippen LogP contribution in [0.1, 0.15) is 5.56 Å². The molecule has 0 aliphatic carbocycles. The SMILES string of the molecule is C#CCOc1c(/C=C2\SC(=Nc3cccc([N+](=O)[O-])c3)NC2=O)cc(Br)cc1OC. The van der Waals surface area contributed by atoms with E-state index in [0.29, 0.717) is 32.8 Å². The summed E-state index contributed by atoms with van der Waals surface area (Å²) >= 11 is 4.51. The number of ether oxygens (including phenoxy) is 2. The van der Waals surface area contributed by atoms with Crippen molar-refractivity contribution in [1.82, 2.24) is 5.32 Å². The molecule has 152 valence electrons. The summed E-state index contributed by atoms with van der Waals surface area (Å²) in [5.74, 6) is 2.91. The molecule has 0 saturated carbocycles. The van der Waals surface area contributed by atoms with Gasteiger partial charge in [-0.2, -0.15) is 0 Å². The molecule has 0 bridgehead atoms. The van der Waals surface area contributed by atoms with Crippen molar-refractivity contribution in [1.29, 1.82) is 0 Å². The highest BCUT2D eigenvalue weighted by Gasteiger charge is 2.25. The molecule has 3 rings (SSSR count). The molecule has 1 amide bonds. The Bertz CT molecular complexity index is 1120. The van der Waals surface area contributed by atoms with Crippen LogP contribution in [0.3, 0.4) is 0 Å². The number of hydrogen-bond acceptors (Lipinski definition) is 7. The van der Waals surface area contributed by atoms with E-state index in [2.05, 4.69) is 32.2 Å². The van der Waals surface area contributed by atoms with E-state index < -0.39 is 4.92 Å². The molecule has 0 unspecified atom stereocenters. The van der Waals surface area contributed by atoms with Crippen molar-refractivity contribution >= 4 is 56.2 Å². The molecule has 0 aromatic heterocycles. The number of aliphatic imine (C=N–C) groups is 1. The third kappa shape index (κ3) is 5.00. The molecule has 1 aliphatic rings. The van der Waals surface area contributed by atoms with Gasteiger partial charge in [-0.25, -0.2) is 4.99 Å². The van der Waals surface area contributed by atoms with Gasteiger partial charge in [-0.15, -0.1) is 6.42 Å². The Morgan fingerprint density at radius 3 is 2.90 bits per heavy atom. The second kappa shape index (κ2) is 9.47. The largest absolute Gasteiger partial charge is 0.493 e. The Kier molecular flexibility index (Phi) is 6.76. The maximum Gasteiger partial charge on any atom is 0.271 e. The minimum Gasteiger partial charge on any atom is -0.493 e. The van der Waals surface area contributed by atoms with Crippen LogP contribution in [0, 0.1) is 22.5 Å². The summed E-state index contributed by atoms with van der Waals surface area (Å²) in [6.45, 7) is 0.0347. The second-order valence-electron chi connectivity index (χ2n) is 5.78. The maximum atomic E-state index is 12.4. The number of amidine groups is 1. The van der Waals surface area contributed by atoms with Gasteiger partial charge in [0, 0.05) is 22.2 Å². The van der Waals surface area contributed by atoms with Crippen molar-refractivity contribution in [3.05, 3.63) is 61.5 Å². The van der Waals surface area contributed by atoms with Gasteiger partial charge >= 0.3 is 0 Å². The summed E-state index contributed by atoms with van der Waals surface area (Å²) in [6, 6.07) is 9.33. The third-order valence-electron chi connectivity index (χ3n) is 3.78. The summed E-state index contributed by atoms with van der Waals surface area (Å²) in [6.07, 6.45) is 6.92. The first-order valence-corrected chi connectivity index (χ1v) is 10.00. The van der Waals surface area contributed by atoms with E-state index in [4.69, 9.17) is 15.9 Å². The van der Waals surface area contributed by atoms with Crippen LogP contribution in [-0.2, 0) is 4.79 Å². The summed E-state index contributed by atoms with van der Waals surface area (Å²) in [7, 11) is 1.50. The molecule has 2 aromatic rings. The van der Waals surface area contributed by atoms with E-state index in [9.17, 15) is 14.9 Å². The van der Waals surface area contributed by atoms with E-state index in [1.807, 2.05) is 0 Å². The molecule has 30 heavy (non-hydrogen) atoms. The highest BCUT2D eigenvalue weighted by Crippen LogP contribution is 2.38. The van der Waals surface area contributed by atoms with Crippen LogP contribution in [0.2, 0.25) is 0 Å². The molecule has 8 nitrogen and oxygen atoms in total. The smallest absolute Gasteiger partial charge is 0.271 e. The number of nitrogens with zero attached hydrogens (tertiary/aromatic N) is 2. The highest BCUT2D eigenvalue weighted by molar-refractivity contribution is 9.10. The number of rotatable bonds is 6. The molecule has 1 fully saturated rings. The average molecular weight is 488 g/mol. The summed E-state index contributed by atoms with van der Waals surface area (Å²) in [4.78, 5) is 27.5. The van der Waals surface area contributed by atoms with E-state index >= 15 is 0 Å². The number of halogens is 1. The van der Waals surface area contributed by atoms with Crippen LogP contribution in [-0.4, -0.2) is 29.7 Å². The van der Waals surface area contributed by atoms with Gasteiger partial charge in [-0.05, 0) is 36.0 Å². The van der Waals surface area contributed by atoms with Gasteiger partial charge in [0.1, 0.15) is 6.61 Å². The minimum atomic E-state index is -0.506. The fourth-order valence-electron chi connectivity index (χ4n) is 2.53. The van der Waals surface area contributed by atoms with Crippen LogP contribution >= 0.6 is 27.7 Å². The van der Waals surface area contributed by atoms with Crippen LogP contribution in [0.5, 0.6) is 11.5 Å². The van der Waals surface area contributed by atoms with Crippen molar-refractivity contribution < 1.29 is 19.2 Å². The lowest BCUT2D eigenvalue weighted by atomic mass is 10.1. The lowest BCUT2D eigenvalue weighted by Gasteiger charge is -2.12. The fourth-order valence-corrected chi connectivity index (χ4v) is 3.82. The first-order valence-electron chi connectivity index (χ1n) is 8.39. The molecule has 1 heterocycles. The van der Waals surface area contributed by atoms with Crippen molar-refractivity contribution in [2.45, 2.75) is 0 Å². The van der Waals surface area contributed by atoms with Gasteiger partial charge in [-0.1, -0.05) is 27.9 Å². The Hall–Kier alpha value is -3.29. The lowest BCUT2D eigenvalue weighted by Crippen LogP contribution is -2.19. The number of nitrogens with one attached hydrogen (secondary N) is 1.